The highest BCUT2D eigenvalue weighted by Gasteiger charge is 2.25. The second-order valence-electron chi connectivity index (χ2n) is 3.69. The number of rotatable bonds is 4. The van der Waals surface area contributed by atoms with Crippen molar-refractivity contribution in [2.24, 2.45) is 11.7 Å². The Morgan fingerprint density at radius 1 is 1.64 bits per heavy atom. The molecule has 0 saturated carbocycles. The third-order valence-corrected chi connectivity index (χ3v) is 2.27. The smallest absolute Gasteiger partial charge is 0.149 e. The standard InChI is InChI=1S/C9H19NO/c1-5-7(2)6-9(4,10)8(3)11/h7H,5-6,10H2,1-4H3/t7?,9-/m0/s1. The van der Waals surface area contributed by atoms with Crippen molar-refractivity contribution in [1.29, 1.82) is 0 Å². The normalized spacial score (nSPS) is 19.0. The van der Waals surface area contributed by atoms with E-state index in [0.29, 0.717) is 5.92 Å². The Labute approximate surface area is 69.2 Å². The maximum atomic E-state index is 11.0. The molecule has 2 nitrogen and oxygen atoms in total. The van der Waals surface area contributed by atoms with E-state index in [4.69, 9.17) is 5.73 Å². The molecule has 0 radical (unpaired) electrons. The highest BCUT2D eigenvalue weighted by atomic mass is 16.1. The van der Waals surface area contributed by atoms with Crippen molar-refractivity contribution < 1.29 is 4.79 Å². The topological polar surface area (TPSA) is 43.1 Å². The van der Waals surface area contributed by atoms with E-state index in [1.807, 2.05) is 6.92 Å². The van der Waals surface area contributed by atoms with Gasteiger partial charge in [-0.15, -0.1) is 0 Å². The van der Waals surface area contributed by atoms with Crippen LogP contribution in [0.2, 0.25) is 0 Å². The molecule has 2 N–H and O–H groups in total. The molecule has 0 fully saturated rings. The van der Waals surface area contributed by atoms with Gasteiger partial charge in [0.1, 0.15) is 5.78 Å². The van der Waals surface area contributed by atoms with Crippen molar-refractivity contribution in [2.45, 2.75) is 46.1 Å². The highest BCUT2D eigenvalue weighted by molar-refractivity contribution is 5.85. The van der Waals surface area contributed by atoms with Crippen LogP contribution >= 0.6 is 0 Å². The monoisotopic (exact) mass is 157 g/mol. The molecule has 66 valence electrons. The molecule has 0 spiro atoms. The molecule has 0 aliphatic rings. The van der Waals surface area contributed by atoms with Gasteiger partial charge in [-0.05, 0) is 26.2 Å². The first-order valence-electron chi connectivity index (χ1n) is 4.20. The minimum Gasteiger partial charge on any atom is -0.319 e. The second kappa shape index (κ2) is 3.86. The average Bonchev–Trinajstić information content (AvgIpc) is 1.86. The number of hydrogen-bond acceptors (Lipinski definition) is 2. The lowest BCUT2D eigenvalue weighted by Crippen LogP contribution is -2.44. The SMILES string of the molecule is CCC(C)C[C@](C)(N)C(C)=O. The van der Waals surface area contributed by atoms with Crippen LogP contribution in [0.15, 0.2) is 0 Å². The van der Waals surface area contributed by atoms with Gasteiger partial charge < -0.3 is 5.73 Å². The molecular formula is C9H19NO. The van der Waals surface area contributed by atoms with Gasteiger partial charge in [0.05, 0.1) is 5.54 Å². The Morgan fingerprint density at radius 2 is 2.09 bits per heavy atom. The maximum absolute atomic E-state index is 11.0. The van der Waals surface area contributed by atoms with Gasteiger partial charge in [0.15, 0.2) is 0 Å². The molecule has 0 heterocycles. The van der Waals surface area contributed by atoms with Crippen LogP contribution in [0.5, 0.6) is 0 Å². The van der Waals surface area contributed by atoms with Crippen LogP contribution in [0.25, 0.3) is 0 Å². The fourth-order valence-corrected chi connectivity index (χ4v) is 1.01. The predicted molar refractivity (Wildman–Crippen MR) is 47.3 cm³/mol. The molecule has 0 aromatic rings. The summed E-state index contributed by atoms with van der Waals surface area (Å²) in [6, 6.07) is 0. The summed E-state index contributed by atoms with van der Waals surface area (Å²) >= 11 is 0. The van der Waals surface area contributed by atoms with Crippen molar-refractivity contribution >= 4 is 5.78 Å². The zero-order chi connectivity index (χ0) is 9.07. The van der Waals surface area contributed by atoms with Crippen LogP contribution in [-0.2, 0) is 4.79 Å². The molecule has 11 heavy (non-hydrogen) atoms. The van der Waals surface area contributed by atoms with Gasteiger partial charge >= 0.3 is 0 Å². The van der Waals surface area contributed by atoms with Crippen LogP contribution < -0.4 is 5.73 Å². The van der Waals surface area contributed by atoms with Gasteiger partial charge in [-0.2, -0.15) is 0 Å². The van der Waals surface area contributed by atoms with Crippen LogP contribution in [0, 0.1) is 5.92 Å². The molecule has 2 heteroatoms. The molecule has 0 aromatic heterocycles. The molecule has 0 aliphatic carbocycles. The number of carbonyl (C=O) groups excluding carboxylic acids is 1. The van der Waals surface area contributed by atoms with Crippen LogP contribution in [0.3, 0.4) is 0 Å². The first-order valence-corrected chi connectivity index (χ1v) is 4.20. The van der Waals surface area contributed by atoms with Gasteiger partial charge in [-0.3, -0.25) is 4.79 Å². The number of nitrogens with two attached hydrogens (primary N) is 1. The molecule has 0 saturated heterocycles. The van der Waals surface area contributed by atoms with Crippen LogP contribution in [-0.4, -0.2) is 11.3 Å². The van der Waals surface area contributed by atoms with Gasteiger partial charge in [0.25, 0.3) is 0 Å². The van der Waals surface area contributed by atoms with Crippen LogP contribution in [0.4, 0.5) is 0 Å². The molecule has 0 bridgehead atoms. The van der Waals surface area contributed by atoms with E-state index >= 15 is 0 Å². The van der Waals surface area contributed by atoms with Gasteiger partial charge in [-0.1, -0.05) is 20.3 Å². The van der Waals surface area contributed by atoms with Crippen molar-refractivity contribution in [3.63, 3.8) is 0 Å². The van der Waals surface area contributed by atoms with Crippen LogP contribution in [0.1, 0.15) is 40.5 Å². The Balaban J connectivity index is 4.01. The average molecular weight is 157 g/mol. The minimum absolute atomic E-state index is 0.0813. The lowest BCUT2D eigenvalue weighted by Gasteiger charge is -2.24. The fourth-order valence-electron chi connectivity index (χ4n) is 1.01. The number of carbonyl (C=O) groups is 1. The first kappa shape index (κ1) is 10.6. The van der Waals surface area contributed by atoms with Crippen molar-refractivity contribution in [3.05, 3.63) is 0 Å². The zero-order valence-electron chi connectivity index (χ0n) is 7.98. The second-order valence-corrected chi connectivity index (χ2v) is 3.69. The Kier molecular flexibility index (Phi) is 3.73. The molecule has 0 aliphatic heterocycles. The van der Waals surface area contributed by atoms with E-state index in [1.165, 1.54) is 0 Å². The first-order chi connectivity index (χ1) is 4.90. The van der Waals surface area contributed by atoms with E-state index in [-0.39, 0.29) is 5.78 Å². The summed E-state index contributed by atoms with van der Waals surface area (Å²) in [4.78, 5) is 11.0. The summed E-state index contributed by atoms with van der Waals surface area (Å²) in [5.74, 6) is 0.617. The predicted octanol–water partition coefficient (Wildman–Crippen LogP) is 1.73. The van der Waals surface area contributed by atoms with E-state index in [0.717, 1.165) is 12.8 Å². The van der Waals surface area contributed by atoms with E-state index in [9.17, 15) is 4.79 Å². The van der Waals surface area contributed by atoms with Crippen molar-refractivity contribution in [1.82, 2.24) is 0 Å². The van der Waals surface area contributed by atoms with Crippen molar-refractivity contribution in [3.8, 4) is 0 Å². The minimum atomic E-state index is -0.616. The summed E-state index contributed by atoms with van der Waals surface area (Å²) in [6.45, 7) is 7.60. The lowest BCUT2D eigenvalue weighted by atomic mass is 9.87. The Hall–Kier alpha value is -0.370. The molecule has 1 unspecified atom stereocenters. The highest BCUT2D eigenvalue weighted by Crippen LogP contribution is 2.17. The molecule has 0 amide bonds. The van der Waals surface area contributed by atoms with E-state index < -0.39 is 5.54 Å². The quantitative estimate of drug-likeness (QED) is 0.675. The molecular weight excluding hydrogens is 138 g/mol. The van der Waals surface area contributed by atoms with Crippen molar-refractivity contribution in [2.75, 3.05) is 0 Å². The number of Topliss-reactive ketones (excluding diaryl/α,β-unsaturated/α-hetero) is 1. The van der Waals surface area contributed by atoms with Gasteiger partial charge in [0.2, 0.25) is 0 Å². The van der Waals surface area contributed by atoms with E-state index in [1.54, 1.807) is 6.92 Å². The summed E-state index contributed by atoms with van der Waals surface area (Å²) in [5.41, 5.74) is 5.17. The molecule has 0 aromatic carbocycles. The number of ketones is 1. The van der Waals surface area contributed by atoms with Gasteiger partial charge in [0, 0.05) is 0 Å². The summed E-state index contributed by atoms with van der Waals surface area (Å²) in [6.07, 6.45) is 1.87. The van der Waals surface area contributed by atoms with Gasteiger partial charge in [-0.25, -0.2) is 0 Å². The fraction of sp³-hybridized carbons (Fsp3) is 0.889. The Bertz CT molecular complexity index is 140. The summed E-state index contributed by atoms with van der Waals surface area (Å²) < 4.78 is 0. The zero-order valence-corrected chi connectivity index (χ0v) is 7.98. The van der Waals surface area contributed by atoms with E-state index in [2.05, 4.69) is 13.8 Å². The summed E-state index contributed by atoms with van der Waals surface area (Å²) in [5, 5.41) is 0. The third-order valence-electron chi connectivity index (χ3n) is 2.27. The largest absolute Gasteiger partial charge is 0.319 e. The maximum Gasteiger partial charge on any atom is 0.149 e. The lowest BCUT2D eigenvalue weighted by molar-refractivity contribution is -0.122. The molecule has 0 rings (SSSR count). The number of hydrogen-bond donors (Lipinski definition) is 1. The third kappa shape index (κ3) is 3.51. The summed E-state index contributed by atoms with van der Waals surface area (Å²) in [7, 11) is 0. The molecule has 2 atom stereocenters. The Morgan fingerprint density at radius 3 is 2.36 bits per heavy atom.